The van der Waals surface area contributed by atoms with Gasteiger partial charge in [-0.25, -0.2) is 0 Å². The Morgan fingerprint density at radius 1 is 1.29 bits per heavy atom. The summed E-state index contributed by atoms with van der Waals surface area (Å²) in [5.74, 6) is -1.02. The number of amides is 3. The third kappa shape index (κ3) is 5.30. The van der Waals surface area contributed by atoms with Gasteiger partial charge in [-0.15, -0.1) is 0 Å². The Labute approximate surface area is 99.5 Å². The van der Waals surface area contributed by atoms with Gasteiger partial charge in [0.2, 0.25) is 17.7 Å². The molecule has 0 bridgehead atoms. The first-order chi connectivity index (χ1) is 8.02. The highest BCUT2D eigenvalue weighted by Gasteiger charge is 2.26. The summed E-state index contributed by atoms with van der Waals surface area (Å²) in [6.07, 6.45) is 2.00. The van der Waals surface area contributed by atoms with E-state index in [1.807, 2.05) is 0 Å². The van der Waals surface area contributed by atoms with Gasteiger partial charge in [0.05, 0.1) is 13.1 Å². The van der Waals surface area contributed by atoms with Crippen molar-refractivity contribution < 1.29 is 14.4 Å². The van der Waals surface area contributed by atoms with Gasteiger partial charge in [0.15, 0.2) is 0 Å². The lowest BCUT2D eigenvalue weighted by atomic mass is 10.3. The molecule has 17 heavy (non-hydrogen) atoms. The second-order valence-electron chi connectivity index (χ2n) is 4.05. The Bertz CT molecular complexity index is 315. The van der Waals surface area contributed by atoms with E-state index in [-0.39, 0.29) is 25.0 Å². The zero-order valence-electron chi connectivity index (χ0n) is 9.79. The zero-order valence-corrected chi connectivity index (χ0v) is 9.79. The molecule has 1 saturated carbocycles. The van der Waals surface area contributed by atoms with E-state index < -0.39 is 17.9 Å². The van der Waals surface area contributed by atoms with Crippen LogP contribution in [-0.4, -0.2) is 42.9 Å². The van der Waals surface area contributed by atoms with Gasteiger partial charge in [-0.1, -0.05) is 0 Å². The van der Waals surface area contributed by atoms with Crippen molar-refractivity contribution in [3.8, 4) is 0 Å². The van der Waals surface area contributed by atoms with E-state index in [0.717, 1.165) is 12.8 Å². The fourth-order valence-electron chi connectivity index (χ4n) is 1.16. The van der Waals surface area contributed by atoms with E-state index in [9.17, 15) is 14.4 Å². The molecule has 0 saturated heterocycles. The van der Waals surface area contributed by atoms with Gasteiger partial charge in [0.25, 0.3) is 0 Å². The molecule has 5 N–H and O–H groups in total. The quantitative estimate of drug-likeness (QED) is 0.425. The van der Waals surface area contributed by atoms with Crippen LogP contribution in [0, 0.1) is 0 Å². The van der Waals surface area contributed by atoms with Crippen molar-refractivity contribution in [3.63, 3.8) is 0 Å². The minimum Gasteiger partial charge on any atom is -0.352 e. The summed E-state index contributed by atoms with van der Waals surface area (Å²) in [6, 6.07) is -0.336. The van der Waals surface area contributed by atoms with Crippen LogP contribution in [0.3, 0.4) is 0 Å². The summed E-state index contributed by atoms with van der Waals surface area (Å²) in [6.45, 7) is 1.27. The lowest BCUT2D eigenvalue weighted by Gasteiger charge is -2.13. The fraction of sp³-hybridized carbons (Fsp3) is 0.700. The highest BCUT2D eigenvalue weighted by molar-refractivity contribution is 5.90. The molecule has 1 aliphatic carbocycles. The van der Waals surface area contributed by atoms with Gasteiger partial charge in [0.1, 0.15) is 6.04 Å². The van der Waals surface area contributed by atoms with Crippen LogP contribution in [0.5, 0.6) is 0 Å². The SMILES string of the molecule is CC(NC(=O)CNC(=O)CN)C(=O)NC1CC1. The fourth-order valence-corrected chi connectivity index (χ4v) is 1.16. The van der Waals surface area contributed by atoms with Crippen LogP contribution in [0.15, 0.2) is 0 Å². The summed E-state index contributed by atoms with van der Waals surface area (Å²) in [7, 11) is 0. The molecule has 0 aromatic carbocycles. The van der Waals surface area contributed by atoms with E-state index in [4.69, 9.17) is 5.73 Å². The zero-order chi connectivity index (χ0) is 12.8. The highest BCUT2D eigenvalue weighted by atomic mass is 16.2. The Kier molecular flexibility index (Phi) is 4.89. The van der Waals surface area contributed by atoms with Crippen molar-refractivity contribution in [2.75, 3.05) is 13.1 Å². The predicted molar refractivity (Wildman–Crippen MR) is 60.8 cm³/mol. The molecule has 0 radical (unpaired) electrons. The van der Waals surface area contributed by atoms with Crippen molar-refractivity contribution in [2.24, 2.45) is 5.73 Å². The number of rotatable bonds is 6. The van der Waals surface area contributed by atoms with E-state index in [2.05, 4.69) is 16.0 Å². The largest absolute Gasteiger partial charge is 0.352 e. The van der Waals surface area contributed by atoms with Gasteiger partial charge >= 0.3 is 0 Å². The lowest BCUT2D eigenvalue weighted by Crippen LogP contribution is -2.48. The van der Waals surface area contributed by atoms with Crippen molar-refractivity contribution in [2.45, 2.75) is 31.8 Å². The normalized spacial score (nSPS) is 15.9. The molecule has 0 aliphatic heterocycles. The molecule has 3 amide bonds. The maximum absolute atomic E-state index is 11.5. The molecule has 1 unspecified atom stereocenters. The second kappa shape index (κ2) is 6.19. The summed E-state index contributed by atoms with van der Waals surface area (Å²) < 4.78 is 0. The first-order valence-electron chi connectivity index (χ1n) is 5.59. The van der Waals surface area contributed by atoms with E-state index in [1.165, 1.54) is 0 Å². The van der Waals surface area contributed by atoms with Crippen LogP contribution in [0.2, 0.25) is 0 Å². The summed E-state index contributed by atoms with van der Waals surface area (Å²) in [5.41, 5.74) is 5.06. The number of hydrogen-bond donors (Lipinski definition) is 4. The average molecular weight is 242 g/mol. The van der Waals surface area contributed by atoms with Crippen molar-refractivity contribution in [3.05, 3.63) is 0 Å². The van der Waals surface area contributed by atoms with Crippen LogP contribution in [0.1, 0.15) is 19.8 Å². The van der Waals surface area contributed by atoms with Gasteiger partial charge in [-0.3, -0.25) is 14.4 Å². The first kappa shape index (κ1) is 13.4. The van der Waals surface area contributed by atoms with Gasteiger partial charge < -0.3 is 21.7 Å². The van der Waals surface area contributed by atoms with Gasteiger partial charge in [0, 0.05) is 6.04 Å². The molecular weight excluding hydrogens is 224 g/mol. The molecule has 1 atom stereocenters. The molecule has 1 aliphatic rings. The Balaban J connectivity index is 2.19. The molecule has 7 heteroatoms. The number of hydrogen-bond acceptors (Lipinski definition) is 4. The molecule has 0 heterocycles. The van der Waals surface area contributed by atoms with Crippen LogP contribution < -0.4 is 21.7 Å². The third-order valence-electron chi connectivity index (χ3n) is 2.33. The molecule has 96 valence electrons. The number of carbonyl (C=O) groups excluding carboxylic acids is 3. The molecule has 0 spiro atoms. The Morgan fingerprint density at radius 3 is 2.47 bits per heavy atom. The lowest BCUT2D eigenvalue weighted by molar-refractivity contribution is -0.129. The van der Waals surface area contributed by atoms with E-state index in [0.29, 0.717) is 0 Å². The molecule has 0 aromatic heterocycles. The van der Waals surface area contributed by atoms with E-state index in [1.54, 1.807) is 6.92 Å². The van der Waals surface area contributed by atoms with Crippen LogP contribution in [0.4, 0.5) is 0 Å². The predicted octanol–water partition coefficient (Wildman–Crippen LogP) is -2.16. The minimum absolute atomic E-state index is 0.162. The number of nitrogens with one attached hydrogen (secondary N) is 3. The van der Waals surface area contributed by atoms with E-state index >= 15 is 0 Å². The van der Waals surface area contributed by atoms with Crippen LogP contribution in [0.25, 0.3) is 0 Å². The topological polar surface area (TPSA) is 113 Å². The Morgan fingerprint density at radius 2 is 1.94 bits per heavy atom. The summed E-state index contributed by atoms with van der Waals surface area (Å²) >= 11 is 0. The smallest absolute Gasteiger partial charge is 0.242 e. The molecular formula is C10H18N4O3. The average Bonchev–Trinajstić information content (AvgIpc) is 3.09. The molecule has 7 nitrogen and oxygen atoms in total. The molecule has 1 rings (SSSR count). The molecule has 1 fully saturated rings. The summed E-state index contributed by atoms with van der Waals surface area (Å²) in [4.78, 5) is 33.6. The summed E-state index contributed by atoms with van der Waals surface area (Å²) in [5, 5.41) is 7.58. The van der Waals surface area contributed by atoms with Crippen molar-refractivity contribution in [1.82, 2.24) is 16.0 Å². The second-order valence-corrected chi connectivity index (χ2v) is 4.05. The standard InChI is InChI=1S/C10H18N4O3/c1-6(10(17)14-7-2-3-7)13-9(16)5-12-8(15)4-11/h6-7H,2-5,11H2,1H3,(H,12,15)(H,13,16)(H,14,17). The molecule has 0 aromatic rings. The maximum atomic E-state index is 11.5. The monoisotopic (exact) mass is 242 g/mol. The number of nitrogens with two attached hydrogens (primary N) is 1. The van der Waals surface area contributed by atoms with Gasteiger partial charge in [-0.05, 0) is 19.8 Å². The van der Waals surface area contributed by atoms with Crippen molar-refractivity contribution >= 4 is 17.7 Å². The third-order valence-corrected chi connectivity index (χ3v) is 2.33. The maximum Gasteiger partial charge on any atom is 0.242 e. The van der Waals surface area contributed by atoms with Gasteiger partial charge in [-0.2, -0.15) is 0 Å². The minimum atomic E-state index is -0.599. The van der Waals surface area contributed by atoms with Crippen LogP contribution in [-0.2, 0) is 14.4 Å². The number of carbonyl (C=O) groups is 3. The van der Waals surface area contributed by atoms with Crippen LogP contribution >= 0.6 is 0 Å². The Hall–Kier alpha value is -1.63. The highest BCUT2D eigenvalue weighted by Crippen LogP contribution is 2.18. The van der Waals surface area contributed by atoms with Crippen molar-refractivity contribution in [1.29, 1.82) is 0 Å². The first-order valence-corrected chi connectivity index (χ1v) is 5.59.